The Morgan fingerprint density at radius 2 is 2.07 bits per heavy atom. The van der Waals surface area contributed by atoms with Gasteiger partial charge in [-0.05, 0) is 38.7 Å². The lowest BCUT2D eigenvalue weighted by Crippen LogP contribution is -2.47. The molecule has 7 nitrogen and oxygen atoms in total. The number of anilines is 1. The predicted octanol–water partition coefficient (Wildman–Crippen LogP) is 3.12. The number of aromatic nitrogens is 2. The Labute approximate surface area is 160 Å². The molecule has 146 valence electrons. The number of aliphatic hydroxyl groups is 1. The van der Waals surface area contributed by atoms with Gasteiger partial charge in [0.1, 0.15) is 0 Å². The SMILES string of the molecule is CNc1n[nH]c2c1CN(C(=O)NC(CCCCO)c1ccccc1)C2(C)C. The molecule has 1 aliphatic rings. The molecule has 0 fully saturated rings. The van der Waals surface area contributed by atoms with Gasteiger partial charge in [-0.3, -0.25) is 5.10 Å². The molecule has 1 unspecified atom stereocenters. The Hall–Kier alpha value is -2.54. The molecule has 0 saturated carbocycles. The van der Waals surface area contributed by atoms with Crippen LogP contribution in [0.4, 0.5) is 10.6 Å². The van der Waals surface area contributed by atoms with E-state index >= 15 is 0 Å². The van der Waals surface area contributed by atoms with Crippen molar-refractivity contribution >= 4 is 11.8 Å². The Bertz CT molecular complexity index is 772. The molecule has 27 heavy (non-hydrogen) atoms. The van der Waals surface area contributed by atoms with E-state index in [1.807, 2.05) is 56.1 Å². The van der Waals surface area contributed by atoms with Crippen molar-refractivity contribution in [3.63, 3.8) is 0 Å². The van der Waals surface area contributed by atoms with Gasteiger partial charge in [-0.15, -0.1) is 0 Å². The average molecular weight is 371 g/mol. The van der Waals surface area contributed by atoms with Gasteiger partial charge in [0, 0.05) is 19.2 Å². The van der Waals surface area contributed by atoms with Crippen molar-refractivity contribution in [2.24, 2.45) is 0 Å². The van der Waals surface area contributed by atoms with Gasteiger partial charge in [-0.2, -0.15) is 5.10 Å². The number of nitrogens with one attached hydrogen (secondary N) is 3. The van der Waals surface area contributed by atoms with Crippen LogP contribution in [0.25, 0.3) is 0 Å². The highest BCUT2D eigenvalue weighted by Crippen LogP contribution is 2.40. The van der Waals surface area contributed by atoms with E-state index in [-0.39, 0.29) is 18.7 Å². The molecule has 1 aromatic heterocycles. The van der Waals surface area contributed by atoms with Gasteiger partial charge in [0.2, 0.25) is 0 Å². The second kappa shape index (κ2) is 8.00. The smallest absolute Gasteiger partial charge is 0.318 e. The Morgan fingerprint density at radius 3 is 2.74 bits per heavy atom. The van der Waals surface area contributed by atoms with Crippen LogP contribution in [-0.4, -0.2) is 39.9 Å². The standard InChI is InChI=1S/C20H29N5O2/c1-20(2)17-15(18(21-3)24-23-17)13-25(20)19(27)22-16(11-7-8-12-26)14-9-5-4-6-10-14/h4-6,9-10,16,26H,7-8,11-13H2,1-3H3,(H,22,27)(H2,21,23,24). The van der Waals surface area contributed by atoms with Crippen LogP contribution in [0, 0.1) is 0 Å². The van der Waals surface area contributed by atoms with Crippen molar-refractivity contribution in [1.82, 2.24) is 20.4 Å². The quantitative estimate of drug-likeness (QED) is 0.563. The summed E-state index contributed by atoms with van der Waals surface area (Å²) in [6.45, 7) is 4.74. The zero-order chi connectivity index (χ0) is 19.4. The summed E-state index contributed by atoms with van der Waals surface area (Å²) in [7, 11) is 1.83. The maximum absolute atomic E-state index is 13.2. The largest absolute Gasteiger partial charge is 0.396 e. The average Bonchev–Trinajstić information content (AvgIpc) is 3.20. The van der Waals surface area contributed by atoms with E-state index < -0.39 is 5.54 Å². The number of nitrogens with zero attached hydrogens (tertiary/aromatic N) is 2. The van der Waals surface area contributed by atoms with Gasteiger partial charge in [-0.1, -0.05) is 30.3 Å². The van der Waals surface area contributed by atoms with E-state index in [0.717, 1.165) is 41.9 Å². The number of hydrogen-bond donors (Lipinski definition) is 4. The molecule has 0 bridgehead atoms. The van der Waals surface area contributed by atoms with Crippen molar-refractivity contribution in [1.29, 1.82) is 0 Å². The summed E-state index contributed by atoms with van der Waals surface area (Å²) in [5, 5.41) is 22.7. The molecular weight excluding hydrogens is 342 g/mol. The molecule has 2 aromatic rings. The lowest BCUT2D eigenvalue weighted by Gasteiger charge is -2.33. The molecule has 0 radical (unpaired) electrons. The summed E-state index contributed by atoms with van der Waals surface area (Å²) in [5.74, 6) is 0.788. The molecule has 2 heterocycles. The fourth-order valence-corrected chi connectivity index (χ4v) is 3.74. The number of aromatic amines is 1. The Kier molecular flexibility index (Phi) is 5.70. The molecule has 3 rings (SSSR count). The number of carbonyl (C=O) groups is 1. The number of rotatable bonds is 7. The zero-order valence-corrected chi connectivity index (χ0v) is 16.2. The van der Waals surface area contributed by atoms with Crippen LogP contribution < -0.4 is 10.6 Å². The highest BCUT2D eigenvalue weighted by atomic mass is 16.3. The first-order chi connectivity index (χ1) is 13.0. The molecule has 1 aliphatic heterocycles. The first kappa shape index (κ1) is 19.2. The molecule has 7 heteroatoms. The number of benzene rings is 1. The maximum Gasteiger partial charge on any atom is 0.318 e. The highest BCUT2D eigenvalue weighted by molar-refractivity contribution is 5.77. The van der Waals surface area contributed by atoms with Crippen LogP contribution in [0.5, 0.6) is 0 Å². The molecule has 4 N–H and O–H groups in total. The lowest BCUT2D eigenvalue weighted by molar-refractivity contribution is 0.139. The summed E-state index contributed by atoms with van der Waals surface area (Å²) < 4.78 is 0. The summed E-state index contributed by atoms with van der Waals surface area (Å²) in [5.41, 5.74) is 2.62. The fraction of sp³-hybridized carbons (Fsp3) is 0.500. The maximum atomic E-state index is 13.2. The van der Waals surface area contributed by atoms with Gasteiger partial charge in [0.15, 0.2) is 5.82 Å². The lowest BCUT2D eigenvalue weighted by atomic mass is 10.00. The molecule has 0 saturated heterocycles. The van der Waals surface area contributed by atoms with Crippen LogP contribution in [0.3, 0.4) is 0 Å². The van der Waals surface area contributed by atoms with Crippen molar-refractivity contribution in [3.8, 4) is 0 Å². The molecular formula is C20H29N5O2. The third kappa shape index (κ3) is 3.78. The van der Waals surface area contributed by atoms with Gasteiger partial charge in [-0.25, -0.2) is 4.79 Å². The van der Waals surface area contributed by atoms with E-state index in [4.69, 9.17) is 5.11 Å². The number of amides is 2. The second-order valence-corrected chi connectivity index (χ2v) is 7.45. The van der Waals surface area contributed by atoms with Gasteiger partial charge in [0.25, 0.3) is 0 Å². The third-order valence-corrected chi connectivity index (χ3v) is 5.35. The highest BCUT2D eigenvalue weighted by Gasteiger charge is 2.43. The number of H-pyrrole nitrogens is 1. The van der Waals surface area contributed by atoms with E-state index in [1.54, 1.807) is 0 Å². The van der Waals surface area contributed by atoms with Crippen molar-refractivity contribution in [3.05, 3.63) is 47.2 Å². The first-order valence-electron chi connectivity index (χ1n) is 9.48. The number of carbonyl (C=O) groups excluding carboxylic acids is 1. The molecule has 2 amide bonds. The van der Waals surface area contributed by atoms with Crippen molar-refractivity contribution < 1.29 is 9.90 Å². The summed E-state index contributed by atoms with van der Waals surface area (Å²) >= 11 is 0. The zero-order valence-electron chi connectivity index (χ0n) is 16.2. The molecule has 0 spiro atoms. The Morgan fingerprint density at radius 1 is 1.33 bits per heavy atom. The van der Waals surface area contributed by atoms with Crippen molar-refractivity contribution in [2.45, 2.75) is 51.2 Å². The van der Waals surface area contributed by atoms with E-state index in [2.05, 4.69) is 20.8 Å². The Balaban J connectivity index is 1.76. The molecule has 1 aromatic carbocycles. The monoisotopic (exact) mass is 371 g/mol. The van der Waals surface area contributed by atoms with Crippen LogP contribution >= 0.6 is 0 Å². The van der Waals surface area contributed by atoms with Gasteiger partial charge < -0.3 is 20.6 Å². The minimum atomic E-state index is -0.464. The predicted molar refractivity (Wildman–Crippen MR) is 105 cm³/mol. The fourth-order valence-electron chi connectivity index (χ4n) is 3.74. The number of unbranched alkanes of at least 4 members (excludes halogenated alkanes) is 1. The topological polar surface area (TPSA) is 93.3 Å². The van der Waals surface area contributed by atoms with Crippen molar-refractivity contribution in [2.75, 3.05) is 19.0 Å². The van der Waals surface area contributed by atoms with Crippen LogP contribution in [0.15, 0.2) is 30.3 Å². The second-order valence-electron chi connectivity index (χ2n) is 7.45. The minimum absolute atomic E-state index is 0.0816. The number of aliphatic hydroxyl groups excluding tert-OH is 1. The normalized spacial score (nSPS) is 16.1. The van der Waals surface area contributed by atoms with Gasteiger partial charge >= 0.3 is 6.03 Å². The minimum Gasteiger partial charge on any atom is -0.396 e. The van der Waals surface area contributed by atoms with E-state index in [1.165, 1.54) is 0 Å². The molecule has 0 aliphatic carbocycles. The van der Waals surface area contributed by atoms with Crippen LogP contribution in [0.2, 0.25) is 0 Å². The first-order valence-corrected chi connectivity index (χ1v) is 9.48. The number of hydrogen-bond acceptors (Lipinski definition) is 4. The number of urea groups is 1. The van der Waals surface area contributed by atoms with E-state index in [0.29, 0.717) is 6.54 Å². The summed E-state index contributed by atoms with van der Waals surface area (Å²) in [4.78, 5) is 15.0. The summed E-state index contributed by atoms with van der Waals surface area (Å²) in [6.07, 6.45) is 2.38. The van der Waals surface area contributed by atoms with E-state index in [9.17, 15) is 4.79 Å². The summed E-state index contributed by atoms with van der Waals surface area (Å²) in [6, 6.07) is 9.82. The van der Waals surface area contributed by atoms with Crippen LogP contribution in [-0.2, 0) is 12.1 Å². The third-order valence-electron chi connectivity index (χ3n) is 5.35. The van der Waals surface area contributed by atoms with Gasteiger partial charge in [0.05, 0.1) is 23.8 Å². The number of fused-ring (bicyclic) bond motifs is 1. The molecule has 1 atom stereocenters. The van der Waals surface area contributed by atoms with Crippen LogP contribution in [0.1, 0.15) is 56.0 Å².